The Morgan fingerprint density at radius 1 is 1.53 bits per heavy atom. The molecule has 1 heterocycles. The van der Waals surface area contributed by atoms with Crippen LogP contribution in [0.3, 0.4) is 0 Å². The molecule has 0 bridgehead atoms. The average Bonchev–Trinajstić information content (AvgIpc) is 2.77. The lowest BCUT2D eigenvalue weighted by Crippen LogP contribution is -2.43. The minimum absolute atomic E-state index is 0.204. The zero-order valence-electron chi connectivity index (χ0n) is 9.46. The molecule has 17 heavy (non-hydrogen) atoms. The molecule has 0 radical (unpaired) electrons. The third kappa shape index (κ3) is 3.68. The number of rotatable bonds is 4. The van der Waals surface area contributed by atoms with E-state index in [1.54, 1.807) is 6.07 Å². The Bertz CT molecular complexity index is 363. The molecule has 94 valence electrons. The maximum absolute atomic E-state index is 13.3. The normalized spacial score (nSPS) is 21.7. The van der Waals surface area contributed by atoms with Crippen LogP contribution in [0.15, 0.2) is 22.7 Å². The van der Waals surface area contributed by atoms with Crippen LogP contribution >= 0.6 is 27.7 Å². The number of halogens is 2. The molecule has 0 saturated carbocycles. The van der Waals surface area contributed by atoms with E-state index in [9.17, 15) is 4.39 Å². The van der Waals surface area contributed by atoms with E-state index in [0.29, 0.717) is 5.25 Å². The Morgan fingerprint density at radius 3 is 2.94 bits per heavy atom. The number of hydrogen-bond donors (Lipinski definition) is 2. The first-order valence-corrected chi connectivity index (χ1v) is 7.56. The summed E-state index contributed by atoms with van der Waals surface area (Å²) in [4.78, 5) is 0. The molecule has 2 unspecified atom stereocenters. The van der Waals surface area contributed by atoms with E-state index in [2.05, 4.69) is 21.4 Å². The highest BCUT2D eigenvalue weighted by Crippen LogP contribution is 2.30. The molecule has 0 spiro atoms. The SMILES string of the molecule is NNC(Cc1cc(F)cc(Br)c1)C1CCCS1. The predicted molar refractivity (Wildman–Crippen MR) is 74.4 cm³/mol. The highest BCUT2D eigenvalue weighted by molar-refractivity contribution is 9.10. The highest BCUT2D eigenvalue weighted by Gasteiger charge is 2.25. The third-order valence-corrected chi connectivity index (χ3v) is 4.98. The van der Waals surface area contributed by atoms with Gasteiger partial charge in [-0.3, -0.25) is 11.3 Å². The van der Waals surface area contributed by atoms with Gasteiger partial charge in [0.1, 0.15) is 5.82 Å². The van der Waals surface area contributed by atoms with Gasteiger partial charge >= 0.3 is 0 Å². The first kappa shape index (κ1) is 13.3. The molecule has 1 aromatic rings. The molecule has 3 N–H and O–H groups in total. The number of nitrogens with one attached hydrogen (secondary N) is 1. The van der Waals surface area contributed by atoms with Crippen LogP contribution in [0.25, 0.3) is 0 Å². The molecule has 5 heteroatoms. The molecule has 2 nitrogen and oxygen atoms in total. The lowest BCUT2D eigenvalue weighted by molar-refractivity contribution is 0.494. The van der Waals surface area contributed by atoms with E-state index >= 15 is 0 Å². The van der Waals surface area contributed by atoms with Crippen LogP contribution in [0.4, 0.5) is 4.39 Å². The van der Waals surface area contributed by atoms with Crippen molar-refractivity contribution in [3.05, 3.63) is 34.1 Å². The van der Waals surface area contributed by atoms with E-state index < -0.39 is 0 Å². The van der Waals surface area contributed by atoms with Gasteiger partial charge in [0, 0.05) is 15.8 Å². The molecule has 0 aliphatic carbocycles. The van der Waals surface area contributed by atoms with Crippen LogP contribution in [-0.2, 0) is 6.42 Å². The molecule has 1 aliphatic rings. The van der Waals surface area contributed by atoms with Crippen LogP contribution in [0, 0.1) is 5.82 Å². The van der Waals surface area contributed by atoms with Gasteiger partial charge in [-0.2, -0.15) is 11.8 Å². The summed E-state index contributed by atoms with van der Waals surface area (Å²) in [6.45, 7) is 0. The summed E-state index contributed by atoms with van der Waals surface area (Å²) in [5, 5.41) is 0.544. The predicted octanol–water partition coefficient (Wildman–Crippen LogP) is 2.86. The van der Waals surface area contributed by atoms with E-state index in [1.807, 2.05) is 17.8 Å². The number of benzene rings is 1. The number of nitrogens with two attached hydrogens (primary N) is 1. The second kappa shape index (κ2) is 6.18. The van der Waals surface area contributed by atoms with Crippen LogP contribution < -0.4 is 11.3 Å². The van der Waals surface area contributed by atoms with Crippen molar-refractivity contribution in [1.82, 2.24) is 5.43 Å². The van der Waals surface area contributed by atoms with E-state index in [1.165, 1.54) is 24.7 Å². The van der Waals surface area contributed by atoms with Crippen molar-refractivity contribution in [2.45, 2.75) is 30.6 Å². The quantitative estimate of drug-likeness (QED) is 0.662. The molecule has 1 aliphatic heterocycles. The van der Waals surface area contributed by atoms with Crippen molar-refractivity contribution in [2.75, 3.05) is 5.75 Å². The molecule has 1 fully saturated rings. The van der Waals surface area contributed by atoms with Gasteiger partial charge in [0.25, 0.3) is 0 Å². The number of hydrogen-bond acceptors (Lipinski definition) is 3. The summed E-state index contributed by atoms with van der Waals surface area (Å²) in [6, 6.07) is 5.22. The Hall–Kier alpha value is -0.100. The van der Waals surface area contributed by atoms with E-state index in [-0.39, 0.29) is 11.9 Å². The maximum atomic E-state index is 13.3. The van der Waals surface area contributed by atoms with Gasteiger partial charge in [0.15, 0.2) is 0 Å². The smallest absolute Gasteiger partial charge is 0.124 e. The molecule has 0 amide bonds. The van der Waals surface area contributed by atoms with E-state index in [4.69, 9.17) is 5.84 Å². The van der Waals surface area contributed by atoms with Crippen LogP contribution in [0.1, 0.15) is 18.4 Å². The summed E-state index contributed by atoms with van der Waals surface area (Å²) < 4.78 is 14.1. The molecule has 2 atom stereocenters. The Morgan fingerprint density at radius 2 is 2.35 bits per heavy atom. The van der Waals surface area contributed by atoms with E-state index in [0.717, 1.165) is 16.5 Å². The fraction of sp³-hybridized carbons (Fsp3) is 0.500. The van der Waals surface area contributed by atoms with Gasteiger partial charge in [-0.25, -0.2) is 4.39 Å². The first-order chi connectivity index (χ1) is 8.19. The Kier molecular flexibility index (Phi) is 4.85. The topological polar surface area (TPSA) is 38.0 Å². The molecular weight excluding hydrogens is 303 g/mol. The van der Waals surface area contributed by atoms with Gasteiger partial charge in [0.2, 0.25) is 0 Å². The summed E-state index contributed by atoms with van der Waals surface area (Å²) in [6.07, 6.45) is 3.21. The lowest BCUT2D eigenvalue weighted by atomic mass is 10.0. The van der Waals surface area contributed by atoms with Gasteiger partial charge < -0.3 is 0 Å². The second-order valence-corrected chi connectivity index (χ2v) is 6.57. The monoisotopic (exact) mass is 318 g/mol. The standard InChI is InChI=1S/C12H16BrFN2S/c13-9-4-8(5-10(14)7-9)6-11(16-15)12-2-1-3-17-12/h4-5,7,11-12,16H,1-3,6,15H2. The van der Waals surface area contributed by atoms with Crippen molar-refractivity contribution in [3.63, 3.8) is 0 Å². The Labute approximate surface area is 114 Å². The first-order valence-electron chi connectivity index (χ1n) is 5.72. The third-order valence-electron chi connectivity index (χ3n) is 3.01. The molecule has 0 aromatic heterocycles. The minimum atomic E-state index is -0.204. The molecular formula is C12H16BrFN2S. The van der Waals surface area contributed by atoms with Crippen molar-refractivity contribution in [1.29, 1.82) is 0 Å². The summed E-state index contributed by atoms with van der Waals surface area (Å²) in [7, 11) is 0. The molecule has 1 saturated heterocycles. The van der Waals surface area contributed by atoms with Crippen molar-refractivity contribution in [3.8, 4) is 0 Å². The van der Waals surface area contributed by atoms with Gasteiger partial charge in [-0.15, -0.1) is 0 Å². The zero-order chi connectivity index (χ0) is 12.3. The second-order valence-electron chi connectivity index (χ2n) is 4.31. The van der Waals surface area contributed by atoms with Crippen molar-refractivity contribution < 1.29 is 4.39 Å². The van der Waals surface area contributed by atoms with Gasteiger partial charge in [-0.05, 0) is 48.8 Å². The molecule has 1 aromatic carbocycles. The minimum Gasteiger partial charge on any atom is -0.271 e. The fourth-order valence-corrected chi connectivity index (χ4v) is 4.09. The van der Waals surface area contributed by atoms with Crippen LogP contribution in [0.5, 0.6) is 0 Å². The largest absolute Gasteiger partial charge is 0.271 e. The fourth-order valence-electron chi connectivity index (χ4n) is 2.20. The summed E-state index contributed by atoms with van der Waals surface area (Å²) >= 11 is 5.27. The molecule has 2 rings (SSSR count). The zero-order valence-corrected chi connectivity index (χ0v) is 11.9. The van der Waals surface area contributed by atoms with Gasteiger partial charge in [0.05, 0.1) is 0 Å². The van der Waals surface area contributed by atoms with Gasteiger partial charge in [-0.1, -0.05) is 15.9 Å². The summed E-state index contributed by atoms with van der Waals surface area (Å²) in [5.74, 6) is 6.61. The summed E-state index contributed by atoms with van der Waals surface area (Å²) in [5.41, 5.74) is 3.85. The van der Waals surface area contributed by atoms with Crippen molar-refractivity contribution >= 4 is 27.7 Å². The van der Waals surface area contributed by atoms with Crippen LogP contribution in [0.2, 0.25) is 0 Å². The van der Waals surface area contributed by atoms with Crippen molar-refractivity contribution in [2.24, 2.45) is 5.84 Å². The lowest BCUT2D eigenvalue weighted by Gasteiger charge is -2.22. The Balaban J connectivity index is 2.06. The van der Waals surface area contributed by atoms with Crippen LogP contribution in [-0.4, -0.2) is 17.0 Å². The highest BCUT2D eigenvalue weighted by atomic mass is 79.9. The number of thioether (sulfide) groups is 1. The maximum Gasteiger partial charge on any atom is 0.124 e. The number of hydrazine groups is 1. The average molecular weight is 319 g/mol.